The first-order valence-electron chi connectivity index (χ1n) is 6.35. The molecule has 0 radical (unpaired) electrons. The van der Waals surface area contributed by atoms with Gasteiger partial charge >= 0.3 is 6.61 Å². The van der Waals surface area contributed by atoms with Crippen LogP contribution in [-0.2, 0) is 4.74 Å². The molecular formula is C13H16F2N2O2S. The Balaban J connectivity index is 1.86. The lowest BCUT2D eigenvalue weighted by molar-refractivity contribution is -0.0493. The third-order valence-electron chi connectivity index (χ3n) is 2.87. The van der Waals surface area contributed by atoms with Crippen LogP contribution in [0.2, 0.25) is 0 Å². The zero-order valence-corrected chi connectivity index (χ0v) is 11.6. The first kappa shape index (κ1) is 14.9. The van der Waals surface area contributed by atoms with Gasteiger partial charge in [-0.2, -0.15) is 8.78 Å². The van der Waals surface area contributed by atoms with E-state index in [9.17, 15) is 8.78 Å². The molecule has 1 saturated heterocycles. The predicted octanol–water partition coefficient (Wildman–Crippen LogP) is 2.75. The third-order valence-corrected chi connectivity index (χ3v) is 3.11. The van der Waals surface area contributed by atoms with Crippen molar-refractivity contribution in [2.45, 2.75) is 25.6 Å². The first-order valence-corrected chi connectivity index (χ1v) is 6.76. The Bertz CT molecular complexity index is 454. The maximum Gasteiger partial charge on any atom is 0.387 e. The van der Waals surface area contributed by atoms with E-state index in [0.29, 0.717) is 17.3 Å². The molecule has 1 heterocycles. The monoisotopic (exact) mass is 302 g/mol. The Kier molecular flexibility index (Phi) is 5.49. The fraction of sp³-hybridized carbons (Fsp3) is 0.462. The molecule has 0 saturated carbocycles. The molecule has 110 valence electrons. The van der Waals surface area contributed by atoms with Gasteiger partial charge < -0.3 is 20.1 Å². The van der Waals surface area contributed by atoms with Crippen molar-refractivity contribution in [3.63, 3.8) is 0 Å². The maximum absolute atomic E-state index is 12.3. The van der Waals surface area contributed by atoms with Crippen molar-refractivity contribution >= 4 is 23.0 Å². The van der Waals surface area contributed by atoms with Crippen LogP contribution in [0.4, 0.5) is 14.5 Å². The van der Waals surface area contributed by atoms with E-state index in [4.69, 9.17) is 17.0 Å². The molecule has 0 aliphatic carbocycles. The number of alkyl halides is 2. The van der Waals surface area contributed by atoms with E-state index >= 15 is 0 Å². The molecule has 4 nitrogen and oxygen atoms in total. The summed E-state index contributed by atoms with van der Waals surface area (Å²) in [7, 11) is 0. The number of nitrogens with one attached hydrogen (secondary N) is 2. The number of benzene rings is 1. The van der Waals surface area contributed by atoms with Gasteiger partial charge in [-0.25, -0.2) is 0 Å². The molecule has 1 aromatic rings. The predicted molar refractivity (Wildman–Crippen MR) is 76.3 cm³/mol. The molecular weight excluding hydrogens is 286 g/mol. The lowest BCUT2D eigenvalue weighted by atomic mass is 10.2. The summed E-state index contributed by atoms with van der Waals surface area (Å²) < 4.78 is 34.4. The Morgan fingerprint density at radius 2 is 2.25 bits per heavy atom. The fourth-order valence-electron chi connectivity index (χ4n) is 1.95. The van der Waals surface area contributed by atoms with Crippen LogP contribution >= 0.6 is 12.2 Å². The molecule has 1 aromatic carbocycles. The van der Waals surface area contributed by atoms with E-state index in [1.54, 1.807) is 18.2 Å². The van der Waals surface area contributed by atoms with E-state index < -0.39 is 6.61 Å². The number of hydrogen-bond acceptors (Lipinski definition) is 3. The number of thiocarbonyl (C=S) groups is 1. The van der Waals surface area contributed by atoms with Crippen LogP contribution in [-0.4, -0.2) is 31.0 Å². The van der Waals surface area contributed by atoms with Crippen molar-refractivity contribution in [3.05, 3.63) is 24.3 Å². The summed E-state index contributed by atoms with van der Waals surface area (Å²) in [6.07, 6.45) is 2.21. The number of para-hydroxylation sites is 2. The lowest BCUT2D eigenvalue weighted by Gasteiger charge is -2.16. The van der Waals surface area contributed by atoms with Crippen molar-refractivity contribution < 1.29 is 18.3 Å². The Hall–Kier alpha value is -1.47. The van der Waals surface area contributed by atoms with Crippen molar-refractivity contribution in [2.24, 2.45) is 0 Å². The fourth-order valence-corrected chi connectivity index (χ4v) is 2.14. The van der Waals surface area contributed by atoms with Crippen LogP contribution in [0.3, 0.4) is 0 Å². The normalized spacial score (nSPS) is 18.1. The molecule has 0 spiro atoms. The van der Waals surface area contributed by atoms with Gasteiger partial charge in [0.2, 0.25) is 0 Å². The molecule has 7 heteroatoms. The van der Waals surface area contributed by atoms with Gasteiger partial charge in [-0.05, 0) is 37.2 Å². The van der Waals surface area contributed by atoms with Crippen molar-refractivity contribution in [2.75, 3.05) is 18.5 Å². The minimum absolute atomic E-state index is 0.0590. The second-order valence-corrected chi connectivity index (χ2v) is 4.75. The summed E-state index contributed by atoms with van der Waals surface area (Å²) in [6, 6.07) is 6.41. The molecule has 1 fully saturated rings. The second kappa shape index (κ2) is 7.35. The highest BCUT2D eigenvalue weighted by atomic mass is 32.1. The van der Waals surface area contributed by atoms with Gasteiger partial charge in [0.15, 0.2) is 5.11 Å². The molecule has 0 bridgehead atoms. The van der Waals surface area contributed by atoms with Crippen molar-refractivity contribution in [1.29, 1.82) is 0 Å². The van der Waals surface area contributed by atoms with Crippen LogP contribution in [0.1, 0.15) is 12.8 Å². The van der Waals surface area contributed by atoms with Crippen LogP contribution < -0.4 is 15.4 Å². The molecule has 1 aliphatic heterocycles. The van der Waals surface area contributed by atoms with Gasteiger partial charge in [-0.15, -0.1) is 0 Å². The summed E-state index contributed by atoms with van der Waals surface area (Å²) in [6.45, 7) is -1.49. The van der Waals surface area contributed by atoms with E-state index in [2.05, 4.69) is 15.4 Å². The van der Waals surface area contributed by atoms with Crippen molar-refractivity contribution in [3.8, 4) is 5.75 Å². The largest absolute Gasteiger partial charge is 0.433 e. The van der Waals surface area contributed by atoms with E-state index in [-0.39, 0.29) is 11.9 Å². The van der Waals surface area contributed by atoms with Crippen molar-refractivity contribution in [1.82, 2.24) is 5.32 Å². The highest BCUT2D eigenvalue weighted by Gasteiger charge is 2.16. The Morgan fingerprint density at radius 1 is 1.45 bits per heavy atom. The molecule has 2 N–H and O–H groups in total. The SMILES string of the molecule is FC(F)Oc1ccccc1NC(=S)NCC1CCCO1. The topological polar surface area (TPSA) is 42.5 Å². The van der Waals surface area contributed by atoms with Crippen LogP contribution in [0.25, 0.3) is 0 Å². The summed E-state index contributed by atoms with van der Waals surface area (Å²) in [4.78, 5) is 0. The number of halogens is 2. The second-order valence-electron chi connectivity index (χ2n) is 4.34. The summed E-state index contributed by atoms with van der Waals surface area (Å²) in [5.41, 5.74) is 0.401. The molecule has 1 atom stereocenters. The average Bonchev–Trinajstić information content (AvgIpc) is 2.91. The quantitative estimate of drug-likeness (QED) is 0.819. The summed E-state index contributed by atoms with van der Waals surface area (Å²) in [5, 5.41) is 6.20. The van der Waals surface area contributed by atoms with E-state index in [0.717, 1.165) is 19.4 Å². The lowest BCUT2D eigenvalue weighted by Crippen LogP contribution is -2.34. The zero-order valence-electron chi connectivity index (χ0n) is 10.8. The minimum atomic E-state index is -2.87. The summed E-state index contributed by atoms with van der Waals surface area (Å²) >= 11 is 5.12. The smallest absolute Gasteiger partial charge is 0.387 e. The first-order chi connectivity index (χ1) is 9.65. The molecule has 20 heavy (non-hydrogen) atoms. The van der Waals surface area contributed by atoms with Crippen LogP contribution in [0.15, 0.2) is 24.3 Å². The molecule has 0 aromatic heterocycles. The molecule has 0 amide bonds. The van der Waals surface area contributed by atoms with Crippen LogP contribution in [0, 0.1) is 0 Å². The Labute approximate surface area is 121 Å². The molecule has 2 rings (SSSR count). The third kappa shape index (κ3) is 4.57. The van der Waals surface area contributed by atoms with Gasteiger partial charge in [0.1, 0.15) is 5.75 Å². The van der Waals surface area contributed by atoms with Gasteiger partial charge in [0, 0.05) is 13.2 Å². The van der Waals surface area contributed by atoms with E-state index in [1.165, 1.54) is 6.07 Å². The van der Waals surface area contributed by atoms with Gasteiger partial charge in [0.05, 0.1) is 11.8 Å². The number of hydrogen-bond donors (Lipinski definition) is 2. The van der Waals surface area contributed by atoms with Gasteiger partial charge in [0.25, 0.3) is 0 Å². The molecule has 1 unspecified atom stereocenters. The van der Waals surface area contributed by atoms with Crippen LogP contribution in [0.5, 0.6) is 5.75 Å². The zero-order chi connectivity index (χ0) is 14.4. The van der Waals surface area contributed by atoms with E-state index in [1.807, 2.05) is 0 Å². The standard InChI is InChI=1S/C13H16F2N2O2S/c14-12(15)19-11-6-2-1-5-10(11)17-13(20)16-8-9-4-3-7-18-9/h1-2,5-6,9,12H,3-4,7-8H2,(H2,16,17,20). The highest BCUT2D eigenvalue weighted by Crippen LogP contribution is 2.25. The van der Waals surface area contributed by atoms with Gasteiger partial charge in [-0.1, -0.05) is 12.1 Å². The number of rotatable bonds is 5. The summed E-state index contributed by atoms with van der Waals surface area (Å²) in [5.74, 6) is 0.0590. The molecule has 1 aliphatic rings. The maximum atomic E-state index is 12.3. The average molecular weight is 302 g/mol. The minimum Gasteiger partial charge on any atom is -0.433 e. The Morgan fingerprint density at radius 3 is 2.95 bits per heavy atom. The number of anilines is 1. The van der Waals surface area contributed by atoms with Gasteiger partial charge in [-0.3, -0.25) is 0 Å². The number of ether oxygens (including phenoxy) is 2. The highest BCUT2D eigenvalue weighted by molar-refractivity contribution is 7.80.